The van der Waals surface area contributed by atoms with Gasteiger partial charge in [-0.15, -0.1) is 0 Å². The van der Waals surface area contributed by atoms with Crippen LogP contribution < -0.4 is 0 Å². The molecule has 0 saturated heterocycles. The quantitative estimate of drug-likeness (QED) is 0.375. The lowest BCUT2D eigenvalue weighted by molar-refractivity contribution is -0.384. The molecule has 0 atom stereocenters. The Hall–Kier alpha value is -3.67. The minimum atomic E-state index is -0.436. The van der Waals surface area contributed by atoms with Gasteiger partial charge in [-0.2, -0.15) is 0 Å². The number of furan rings is 1. The van der Waals surface area contributed by atoms with Crippen LogP contribution in [0.15, 0.2) is 71.3 Å². The molecule has 0 N–H and O–H groups in total. The molecule has 3 aromatic carbocycles. The van der Waals surface area contributed by atoms with Crippen molar-refractivity contribution in [3.63, 3.8) is 0 Å². The number of amides is 1. The Kier molecular flexibility index (Phi) is 4.53. The zero-order chi connectivity index (χ0) is 19.7. The van der Waals surface area contributed by atoms with Gasteiger partial charge in [-0.1, -0.05) is 42.5 Å². The van der Waals surface area contributed by atoms with Crippen LogP contribution in [0.3, 0.4) is 0 Å². The van der Waals surface area contributed by atoms with Crippen molar-refractivity contribution in [2.24, 2.45) is 0 Å². The zero-order valence-corrected chi connectivity index (χ0v) is 15.3. The maximum atomic E-state index is 12.8. The number of likely N-dealkylation sites (N-methyl/N-ethyl adjacent to an activating group) is 1. The van der Waals surface area contributed by atoms with Crippen molar-refractivity contribution in [1.29, 1.82) is 0 Å². The third-order valence-corrected chi connectivity index (χ3v) is 4.85. The lowest BCUT2D eigenvalue weighted by atomic mass is 10.0. The monoisotopic (exact) mass is 374 g/mol. The van der Waals surface area contributed by atoms with E-state index < -0.39 is 4.92 Å². The van der Waals surface area contributed by atoms with Crippen LogP contribution in [0, 0.1) is 10.1 Å². The van der Waals surface area contributed by atoms with Gasteiger partial charge < -0.3 is 9.32 Å². The fourth-order valence-electron chi connectivity index (χ4n) is 3.43. The van der Waals surface area contributed by atoms with Gasteiger partial charge in [0.2, 0.25) is 5.91 Å². The highest BCUT2D eigenvalue weighted by Crippen LogP contribution is 2.30. The van der Waals surface area contributed by atoms with Crippen LogP contribution in [0.1, 0.15) is 11.1 Å². The summed E-state index contributed by atoms with van der Waals surface area (Å²) in [4.78, 5) is 24.8. The first-order valence-electron chi connectivity index (χ1n) is 8.88. The van der Waals surface area contributed by atoms with E-state index in [1.807, 2.05) is 36.4 Å². The molecule has 6 nitrogen and oxygen atoms in total. The molecular weight excluding hydrogens is 356 g/mol. The number of nitro benzene ring substituents is 1. The fraction of sp³-hybridized carbons (Fsp3) is 0.136. The van der Waals surface area contributed by atoms with Crippen LogP contribution in [0.5, 0.6) is 0 Å². The summed E-state index contributed by atoms with van der Waals surface area (Å²) in [5.74, 6) is -0.0814. The lowest BCUT2D eigenvalue weighted by Gasteiger charge is -2.17. The molecule has 0 bridgehead atoms. The number of nitrogens with zero attached hydrogens (tertiary/aromatic N) is 2. The maximum absolute atomic E-state index is 12.8. The Labute approximate surface area is 161 Å². The first-order valence-corrected chi connectivity index (χ1v) is 8.88. The second-order valence-electron chi connectivity index (χ2n) is 6.77. The second kappa shape index (κ2) is 7.15. The summed E-state index contributed by atoms with van der Waals surface area (Å²) >= 11 is 0. The molecule has 4 aromatic rings. The summed E-state index contributed by atoms with van der Waals surface area (Å²) < 4.78 is 5.65. The summed E-state index contributed by atoms with van der Waals surface area (Å²) in [6, 6.07) is 18.2. The van der Waals surface area contributed by atoms with Crippen molar-refractivity contribution in [2.75, 3.05) is 7.05 Å². The number of benzene rings is 3. The molecule has 6 heteroatoms. The number of nitro groups is 1. The van der Waals surface area contributed by atoms with Crippen LogP contribution in [-0.4, -0.2) is 22.8 Å². The summed E-state index contributed by atoms with van der Waals surface area (Å²) in [5, 5.41) is 14.0. The molecule has 0 aliphatic rings. The molecule has 1 aromatic heterocycles. The van der Waals surface area contributed by atoms with E-state index in [0.29, 0.717) is 12.1 Å². The van der Waals surface area contributed by atoms with Crippen LogP contribution >= 0.6 is 0 Å². The van der Waals surface area contributed by atoms with Gasteiger partial charge in [-0.25, -0.2) is 0 Å². The molecule has 0 saturated carbocycles. The molecule has 1 amide bonds. The van der Waals surface area contributed by atoms with Crippen molar-refractivity contribution in [1.82, 2.24) is 4.90 Å². The van der Waals surface area contributed by atoms with Gasteiger partial charge in [-0.05, 0) is 22.4 Å². The van der Waals surface area contributed by atoms with E-state index in [9.17, 15) is 14.9 Å². The number of carbonyl (C=O) groups excluding carboxylic acids is 1. The fourth-order valence-corrected chi connectivity index (χ4v) is 3.43. The highest BCUT2D eigenvalue weighted by molar-refractivity contribution is 6.08. The van der Waals surface area contributed by atoms with Crippen LogP contribution in [0.2, 0.25) is 0 Å². The van der Waals surface area contributed by atoms with Crippen LogP contribution in [0.25, 0.3) is 21.7 Å². The van der Waals surface area contributed by atoms with Gasteiger partial charge in [-0.3, -0.25) is 14.9 Å². The molecule has 1 heterocycles. The number of rotatable bonds is 5. The topological polar surface area (TPSA) is 76.6 Å². The smallest absolute Gasteiger partial charge is 0.269 e. The summed E-state index contributed by atoms with van der Waals surface area (Å²) in [6.07, 6.45) is 1.84. The Morgan fingerprint density at radius 3 is 2.75 bits per heavy atom. The van der Waals surface area contributed by atoms with Crippen molar-refractivity contribution in [2.45, 2.75) is 13.0 Å². The first-order chi connectivity index (χ1) is 13.5. The second-order valence-corrected chi connectivity index (χ2v) is 6.77. The predicted molar refractivity (Wildman–Crippen MR) is 107 cm³/mol. The summed E-state index contributed by atoms with van der Waals surface area (Å²) in [5.41, 5.74) is 2.32. The van der Waals surface area contributed by atoms with Crippen LogP contribution in [0.4, 0.5) is 5.69 Å². The third-order valence-electron chi connectivity index (χ3n) is 4.85. The van der Waals surface area contributed by atoms with E-state index >= 15 is 0 Å². The molecule has 0 fully saturated rings. The van der Waals surface area contributed by atoms with E-state index in [-0.39, 0.29) is 18.0 Å². The van der Waals surface area contributed by atoms with Gasteiger partial charge in [0.25, 0.3) is 5.69 Å². The number of non-ortho nitro benzene ring substituents is 1. The van der Waals surface area contributed by atoms with Gasteiger partial charge in [0, 0.05) is 36.7 Å². The van der Waals surface area contributed by atoms with E-state index in [2.05, 4.69) is 0 Å². The molecule has 0 radical (unpaired) electrons. The Morgan fingerprint density at radius 1 is 1.11 bits per heavy atom. The van der Waals surface area contributed by atoms with E-state index in [0.717, 1.165) is 27.3 Å². The molecule has 28 heavy (non-hydrogen) atoms. The van der Waals surface area contributed by atoms with E-state index in [1.54, 1.807) is 30.3 Å². The molecular formula is C22H18N2O4. The van der Waals surface area contributed by atoms with Crippen molar-refractivity contribution < 1.29 is 14.1 Å². The lowest BCUT2D eigenvalue weighted by Crippen LogP contribution is -2.27. The Balaban J connectivity index is 1.57. The first kappa shape index (κ1) is 17.7. The summed E-state index contributed by atoms with van der Waals surface area (Å²) in [6.45, 7) is 0.303. The summed E-state index contributed by atoms with van der Waals surface area (Å²) in [7, 11) is 1.70. The number of carbonyl (C=O) groups is 1. The molecule has 0 spiro atoms. The average Bonchev–Trinajstić information content (AvgIpc) is 3.11. The normalized spacial score (nSPS) is 11.0. The minimum absolute atomic E-state index is 0.0191. The average molecular weight is 374 g/mol. The van der Waals surface area contributed by atoms with Crippen molar-refractivity contribution in [3.8, 4) is 0 Å². The van der Waals surface area contributed by atoms with Crippen LogP contribution in [-0.2, 0) is 17.8 Å². The minimum Gasteiger partial charge on any atom is -0.464 e. The highest BCUT2D eigenvalue weighted by Gasteiger charge is 2.17. The van der Waals surface area contributed by atoms with E-state index in [4.69, 9.17) is 4.42 Å². The third kappa shape index (κ3) is 3.32. The molecule has 0 unspecified atom stereocenters. The Bertz CT molecular complexity index is 1200. The number of hydrogen-bond donors (Lipinski definition) is 0. The number of hydrogen-bond acceptors (Lipinski definition) is 4. The van der Waals surface area contributed by atoms with Gasteiger partial charge in [0.05, 0.1) is 17.6 Å². The Morgan fingerprint density at radius 2 is 1.93 bits per heavy atom. The van der Waals surface area contributed by atoms with Crippen molar-refractivity contribution >= 4 is 33.3 Å². The molecule has 4 rings (SSSR count). The standard InChI is InChI=1S/C22H18N2O4/c1-23(13-15-5-4-7-18(11-15)24(26)27)21(25)12-17-14-28-20-10-9-16-6-2-3-8-19(16)22(17)20/h2-11,14H,12-13H2,1H3. The highest BCUT2D eigenvalue weighted by atomic mass is 16.6. The van der Waals surface area contributed by atoms with Gasteiger partial charge in [0.1, 0.15) is 5.58 Å². The van der Waals surface area contributed by atoms with Gasteiger partial charge >= 0.3 is 0 Å². The molecule has 140 valence electrons. The zero-order valence-electron chi connectivity index (χ0n) is 15.3. The largest absolute Gasteiger partial charge is 0.464 e. The SMILES string of the molecule is CN(Cc1cccc([N+](=O)[O-])c1)C(=O)Cc1coc2ccc3ccccc3c12. The van der Waals surface area contributed by atoms with Crippen molar-refractivity contribution in [3.05, 3.63) is 88.2 Å². The van der Waals surface area contributed by atoms with Gasteiger partial charge in [0.15, 0.2) is 0 Å². The number of fused-ring (bicyclic) bond motifs is 3. The predicted octanol–water partition coefficient (Wildman–Crippen LogP) is 4.70. The molecule has 0 aliphatic heterocycles. The molecule has 0 aliphatic carbocycles. The maximum Gasteiger partial charge on any atom is 0.269 e. The van der Waals surface area contributed by atoms with E-state index in [1.165, 1.54) is 12.1 Å².